The molecule has 21 heavy (non-hydrogen) atoms. The fraction of sp³-hybridized carbons (Fsp3) is 0.0625. The largest absolute Gasteiger partial charge is 0.298 e. The average Bonchev–Trinajstić information content (AvgIpc) is 2.55. The topological polar surface area (TPSA) is 68.6 Å². The van der Waals surface area contributed by atoms with E-state index in [9.17, 15) is 4.79 Å². The lowest BCUT2D eigenvalue weighted by atomic mass is 10.2. The molecular weight excluding hydrogens is 264 g/mol. The summed E-state index contributed by atoms with van der Waals surface area (Å²) in [6, 6.07) is 12.9. The first kappa shape index (κ1) is 13.1. The zero-order valence-electron chi connectivity index (χ0n) is 11.4. The van der Waals surface area contributed by atoms with Gasteiger partial charge < -0.3 is 0 Å². The first-order valence-electron chi connectivity index (χ1n) is 6.45. The maximum atomic E-state index is 10.6. The van der Waals surface area contributed by atoms with E-state index >= 15 is 0 Å². The third kappa shape index (κ3) is 2.81. The quantitative estimate of drug-likeness (QED) is 0.688. The van der Waals surface area contributed by atoms with Gasteiger partial charge in [-0.3, -0.25) is 14.8 Å². The summed E-state index contributed by atoms with van der Waals surface area (Å²) in [7, 11) is 0. The van der Waals surface area contributed by atoms with E-state index in [1.807, 2.05) is 37.3 Å². The monoisotopic (exact) mass is 276 g/mol. The second kappa shape index (κ2) is 5.58. The summed E-state index contributed by atoms with van der Waals surface area (Å²) < 4.78 is 0. The molecule has 0 aliphatic rings. The Morgan fingerprint density at radius 3 is 2.14 bits per heavy atom. The summed E-state index contributed by atoms with van der Waals surface area (Å²) >= 11 is 0. The number of aryl methyl sites for hydroxylation is 1. The zero-order chi connectivity index (χ0) is 14.7. The second-order valence-electron chi connectivity index (χ2n) is 4.56. The molecule has 0 aromatic carbocycles. The van der Waals surface area contributed by atoms with Crippen LogP contribution in [0.2, 0.25) is 0 Å². The van der Waals surface area contributed by atoms with Gasteiger partial charge in [0.05, 0.1) is 11.4 Å². The van der Waals surface area contributed by atoms with Crippen LogP contribution in [0.4, 0.5) is 0 Å². The van der Waals surface area contributed by atoms with E-state index in [4.69, 9.17) is 0 Å². The maximum absolute atomic E-state index is 10.6. The van der Waals surface area contributed by atoms with E-state index in [0.29, 0.717) is 22.6 Å². The van der Waals surface area contributed by atoms with Crippen molar-refractivity contribution in [3.05, 3.63) is 59.9 Å². The molecule has 0 N–H and O–H groups in total. The molecule has 3 heterocycles. The Bertz CT molecular complexity index is 767. The molecule has 0 bridgehead atoms. The number of pyridine rings is 2. The highest BCUT2D eigenvalue weighted by Gasteiger charge is 2.05. The molecule has 0 amide bonds. The minimum absolute atomic E-state index is 0.535. The normalized spacial score (nSPS) is 10.3. The highest BCUT2D eigenvalue weighted by molar-refractivity contribution is 5.74. The van der Waals surface area contributed by atoms with Crippen molar-refractivity contribution in [1.82, 2.24) is 20.2 Å². The van der Waals surface area contributed by atoms with Crippen LogP contribution < -0.4 is 0 Å². The molecule has 0 spiro atoms. The van der Waals surface area contributed by atoms with Crippen molar-refractivity contribution in [3.8, 4) is 22.8 Å². The van der Waals surface area contributed by atoms with Crippen LogP contribution in [-0.2, 0) is 0 Å². The molecule has 0 atom stereocenters. The number of aromatic nitrogens is 4. The summed E-state index contributed by atoms with van der Waals surface area (Å²) in [5, 5.41) is 8.36. The summed E-state index contributed by atoms with van der Waals surface area (Å²) in [5.41, 5.74) is 4.31. The van der Waals surface area contributed by atoms with Gasteiger partial charge in [0.1, 0.15) is 11.4 Å². The molecular formula is C16H12N4O. The number of hydrogen-bond acceptors (Lipinski definition) is 5. The minimum atomic E-state index is 0.535. The Morgan fingerprint density at radius 1 is 0.857 bits per heavy atom. The van der Waals surface area contributed by atoms with Crippen LogP contribution in [0.25, 0.3) is 22.8 Å². The van der Waals surface area contributed by atoms with Gasteiger partial charge in [-0.1, -0.05) is 6.07 Å². The number of hydrogen-bond donors (Lipinski definition) is 0. The molecule has 5 heteroatoms. The second-order valence-corrected chi connectivity index (χ2v) is 4.56. The van der Waals surface area contributed by atoms with Gasteiger partial charge >= 0.3 is 0 Å². The van der Waals surface area contributed by atoms with Crippen molar-refractivity contribution >= 4 is 6.29 Å². The Hall–Kier alpha value is -2.95. The van der Waals surface area contributed by atoms with E-state index in [1.165, 1.54) is 6.20 Å². The first-order chi connectivity index (χ1) is 10.3. The predicted molar refractivity (Wildman–Crippen MR) is 78.6 cm³/mol. The molecule has 0 saturated carbocycles. The lowest BCUT2D eigenvalue weighted by Gasteiger charge is -2.02. The van der Waals surface area contributed by atoms with Gasteiger partial charge in [-0.15, -0.1) is 10.2 Å². The van der Waals surface area contributed by atoms with Gasteiger partial charge in [-0.05, 0) is 43.3 Å². The number of carbonyl (C=O) groups excluding carboxylic acids is 1. The van der Waals surface area contributed by atoms with Crippen molar-refractivity contribution in [2.45, 2.75) is 6.92 Å². The van der Waals surface area contributed by atoms with E-state index < -0.39 is 0 Å². The van der Waals surface area contributed by atoms with Gasteiger partial charge in [0.15, 0.2) is 6.29 Å². The molecule has 0 fully saturated rings. The van der Waals surface area contributed by atoms with Crippen molar-refractivity contribution in [2.75, 3.05) is 0 Å². The molecule has 3 aromatic heterocycles. The van der Waals surface area contributed by atoms with Crippen LogP contribution >= 0.6 is 0 Å². The smallest absolute Gasteiger partial charge is 0.151 e. The zero-order valence-corrected chi connectivity index (χ0v) is 11.4. The average molecular weight is 276 g/mol. The van der Waals surface area contributed by atoms with Crippen molar-refractivity contribution in [2.24, 2.45) is 0 Å². The maximum Gasteiger partial charge on any atom is 0.151 e. The van der Waals surface area contributed by atoms with Gasteiger partial charge in [-0.2, -0.15) is 0 Å². The van der Waals surface area contributed by atoms with Crippen molar-refractivity contribution in [1.29, 1.82) is 0 Å². The molecule has 3 rings (SSSR count). The molecule has 3 aromatic rings. The molecule has 5 nitrogen and oxygen atoms in total. The van der Waals surface area contributed by atoms with E-state index in [2.05, 4.69) is 20.2 Å². The van der Waals surface area contributed by atoms with Gasteiger partial charge in [0, 0.05) is 17.5 Å². The molecule has 0 unspecified atom stereocenters. The number of rotatable bonds is 3. The lowest BCUT2D eigenvalue weighted by molar-refractivity contribution is 0.112. The summed E-state index contributed by atoms with van der Waals surface area (Å²) in [6.07, 6.45) is 2.27. The van der Waals surface area contributed by atoms with E-state index in [0.717, 1.165) is 17.7 Å². The third-order valence-corrected chi connectivity index (χ3v) is 3.00. The first-order valence-corrected chi connectivity index (χ1v) is 6.45. The lowest BCUT2D eigenvalue weighted by Crippen LogP contribution is -1.95. The number of nitrogens with zero attached hydrogens (tertiary/aromatic N) is 4. The number of carbonyl (C=O) groups is 1. The number of aldehydes is 1. The van der Waals surface area contributed by atoms with E-state index in [-0.39, 0.29) is 0 Å². The third-order valence-electron chi connectivity index (χ3n) is 3.00. The van der Waals surface area contributed by atoms with Crippen molar-refractivity contribution < 1.29 is 4.79 Å². The fourth-order valence-corrected chi connectivity index (χ4v) is 1.92. The van der Waals surface area contributed by atoms with Crippen molar-refractivity contribution in [3.63, 3.8) is 0 Å². The minimum Gasteiger partial charge on any atom is -0.298 e. The molecule has 0 saturated heterocycles. The van der Waals surface area contributed by atoms with Gasteiger partial charge in [-0.25, -0.2) is 0 Å². The van der Waals surface area contributed by atoms with E-state index in [1.54, 1.807) is 12.1 Å². The predicted octanol–water partition coefficient (Wildman–Crippen LogP) is 2.72. The SMILES string of the molecule is Cc1cccc(-c2ccc(-c3ccc(C=O)cn3)nn2)n1. The Balaban J connectivity index is 1.91. The van der Waals surface area contributed by atoms with Crippen LogP contribution in [0.5, 0.6) is 0 Å². The summed E-state index contributed by atoms with van der Waals surface area (Å²) in [4.78, 5) is 19.2. The van der Waals surface area contributed by atoms with Gasteiger partial charge in [0.2, 0.25) is 0 Å². The van der Waals surface area contributed by atoms with Gasteiger partial charge in [0.25, 0.3) is 0 Å². The Labute approximate surface area is 121 Å². The Morgan fingerprint density at radius 2 is 1.57 bits per heavy atom. The molecule has 0 radical (unpaired) electrons. The highest BCUT2D eigenvalue weighted by Crippen LogP contribution is 2.18. The van der Waals surface area contributed by atoms with Crippen LogP contribution in [0.1, 0.15) is 16.1 Å². The molecule has 102 valence electrons. The van der Waals surface area contributed by atoms with Crippen LogP contribution in [0.3, 0.4) is 0 Å². The summed E-state index contributed by atoms with van der Waals surface area (Å²) in [6.45, 7) is 1.93. The Kier molecular flexibility index (Phi) is 3.47. The summed E-state index contributed by atoms with van der Waals surface area (Å²) in [5.74, 6) is 0. The van der Waals surface area contributed by atoms with Crippen LogP contribution in [0.15, 0.2) is 48.7 Å². The van der Waals surface area contributed by atoms with Crippen LogP contribution in [-0.4, -0.2) is 26.5 Å². The standard InChI is InChI=1S/C16H12N4O/c1-11-3-2-4-14(18-11)16-8-7-15(19-20-16)13-6-5-12(10-21)9-17-13/h2-10H,1H3. The molecule has 0 aliphatic carbocycles. The van der Waals surface area contributed by atoms with Crippen LogP contribution in [0, 0.1) is 6.92 Å². The molecule has 0 aliphatic heterocycles. The highest BCUT2D eigenvalue weighted by atomic mass is 16.1. The fourth-order valence-electron chi connectivity index (χ4n) is 1.92.